The zero-order valence-electron chi connectivity index (χ0n) is 14.3. The molecule has 0 saturated carbocycles. The van der Waals surface area contributed by atoms with Crippen molar-refractivity contribution in [2.24, 2.45) is 4.99 Å². The number of fused-ring (bicyclic) bond motifs is 1. The van der Waals surface area contributed by atoms with Crippen molar-refractivity contribution >= 4 is 23.3 Å². The van der Waals surface area contributed by atoms with E-state index in [0.29, 0.717) is 12.1 Å². The van der Waals surface area contributed by atoms with Crippen LogP contribution in [0.4, 0.5) is 5.69 Å². The van der Waals surface area contributed by atoms with Crippen molar-refractivity contribution in [3.05, 3.63) is 59.3 Å². The van der Waals surface area contributed by atoms with Crippen LogP contribution in [0.25, 0.3) is 11.8 Å². The number of benzene rings is 1. The van der Waals surface area contributed by atoms with Crippen LogP contribution in [0.5, 0.6) is 0 Å². The highest BCUT2D eigenvalue weighted by Gasteiger charge is 2.28. The van der Waals surface area contributed by atoms with Crippen LogP contribution in [0.2, 0.25) is 0 Å². The Hall–Kier alpha value is -2.51. The molecule has 3 aliphatic rings. The topological polar surface area (TPSA) is 27.6 Å². The van der Waals surface area contributed by atoms with Crippen LogP contribution >= 0.6 is 0 Å². The molecule has 4 rings (SSSR count). The van der Waals surface area contributed by atoms with Gasteiger partial charge in [0.05, 0.1) is 5.70 Å². The van der Waals surface area contributed by atoms with E-state index in [2.05, 4.69) is 77.4 Å². The quantitative estimate of drug-likeness (QED) is 0.872. The molecule has 0 aromatic heterocycles. The van der Waals surface area contributed by atoms with Crippen LogP contribution < -0.4 is 5.32 Å². The fourth-order valence-electron chi connectivity index (χ4n) is 3.90. The van der Waals surface area contributed by atoms with Crippen LogP contribution in [0.3, 0.4) is 0 Å². The Morgan fingerprint density at radius 1 is 1.17 bits per heavy atom. The highest BCUT2D eigenvalue weighted by molar-refractivity contribution is 5.85. The lowest BCUT2D eigenvalue weighted by atomic mass is 10.00. The molecule has 0 spiro atoms. The summed E-state index contributed by atoms with van der Waals surface area (Å²) >= 11 is 0. The molecule has 0 aliphatic carbocycles. The molecule has 1 aromatic rings. The molecule has 1 aromatic carbocycles. The van der Waals surface area contributed by atoms with Crippen molar-refractivity contribution in [2.45, 2.75) is 38.8 Å². The van der Waals surface area contributed by atoms with Gasteiger partial charge in [-0.2, -0.15) is 0 Å². The zero-order chi connectivity index (χ0) is 16.5. The predicted molar refractivity (Wildman–Crippen MR) is 102 cm³/mol. The molecule has 0 radical (unpaired) electrons. The molecule has 122 valence electrons. The molecule has 3 heteroatoms. The Bertz CT molecular complexity index is 796. The summed E-state index contributed by atoms with van der Waals surface area (Å²) in [4.78, 5) is 7.08. The second-order valence-electron chi connectivity index (χ2n) is 6.76. The number of hydrogen-bond donors (Lipinski definition) is 1. The average molecular weight is 317 g/mol. The summed E-state index contributed by atoms with van der Waals surface area (Å²) in [7, 11) is 0. The molecule has 24 heavy (non-hydrogen) atoms. The molecule has 1 N–H and O–H groups in total. The third kappa shape index (κ3) is 2.61. The summed E-state index contributed by atoms with van der Waals surface area (Å²) in [5.41, 5.74) is 5.71. The largest absolute Gasteiger partial charge is 0.381 e. The number of nitrogens with one attached hydrogen (secondary N) is 1. The van der Waals surface area contributed by atoms with Crippen LogP contribution in [0, 0.1) is 0 Å². The van der Waals surface area contributed by atoms with E-state index in [-0.39, 0.29) is 0 Å². The van der Waals surface area contributed by atoms with Crippen LogP contribution in [0.1, 0.15) is 37.8 Å². The minimum atomic E-state index is 0.580. The van der Waals surface area contributed by atoms with Crippen LogP contribution in [-0.4, -0.2) is 29.4 Å². The maximum Gasteiger partial charge on any atom is 0.0809 e. The van der Waals surface area contributed by atoms with E-state index in [1.165, 1.54) is 29.8 Å². The van der Waals surface area contributed by atoms with E-state index in [1.807, 2.05) is 6.08 Å². The summed E-state index contributed by atoms with van der Waals surface area (Å²) in [5, 5.41) is 3.42. The van der Waals surface area contributed by atoms with E-state index < -0.39 is 0 Å². The van der Waals surface area contributed by atoms with Gasteiger partial charge in [0, 0.05) is 47.2 Å². The van der Waals surface area contributed by atoms with Gasteiger partial charge >= 0.3 is 0 Å². The van der Waals surface area contributed by atoms with Crippen molar-refractivity contribution < 1.29 is 0 Å². The van der Waals surface area contributed by atoms with E-state index in [9.17, 15) is 0 Å². The third-order valence-electron chi connectivity index (χ3n) is 5.14. The zero-order valence-corrected chi connectivity index (χ0v) is 14.3. The lowest BCUT2D eigenvalue weighted by Gasteiger charge is -2.29. The molecular weight excluding hydrogens is 294 g/mol. The van der Waals surface area contributed by atoms with Crippen molar-refractivity contribution in [1.29, 1.82) is 0 Å². The Kier molecular flexibility index (Phi) is 3.87. The molecule has 0 amide bonds. The number of hydrogen-bond acceptors (Lipinski definition) is 3. The minimum Gasteiger partial charge on any atom is -0.381 e. The summed E-state index contributed by atoms with van der Waals surface area (Å²) in [5.74, 6) is 3.15. The summed E-state index contributed by atoms with van der Waals surface area (Å²) in [6, 6.07) is 7.49. The normalized spacial score (nSPS) is 25.0. The van der Waals surface area contributed by atoms with Gasteiger partial charge in [0.15, 0.2) is 0 Å². The minimum absolute atomic E-state index is 0.580. The summed E-state index contributed by atoms with van der Waals surface area (Å²) in [6.07, 6.45) is 13.2. The molecule has 2 atom stereocenters. The van der Waals surface area contributed by atoms with E-state index in [4.69, 9.17) is 0 Å². The van der Waals surface area contributed by atoms with Crippen molar-refractivity contribution in [1.82, 2.24) is 4.90 Å². The molecular formula is C21H23N3. The van der Waals surface area contributed by atoms with Gasteiger partial charge in [-0.1, -0.05) is 24.3 Å². The standard InChI is InChI=1S/C21H23N3/c1-15-8-9-16(2)24(15)17-10-11-21(23-14-12-17)18-5-3-7-20-19(18)6-4-13-22-20/h3-7,10-12,15-16,22H,8-9,13H2,1-2H3/t15-,16+. The second-order valence-corrected chi connectivity index (χ2v) is 6.76. The average Bonchev–Trinajstić information content (AvgIpc) is 2.81. The first kappa shape index (κ1) is 15.0. The molecule has 3 heterocycles. The van der Waals surface area contributed by atoms with E-state index in [1.54, 1.807) is 0 Å². The summed E-state index contributed by atoms with van der Waals surface area (Å²) in [6.45, 7) is 5.48. The lowest BCUT2D eigenvalue weighted by molar-refractivity contribution is 0.287. The Morgan fingerprint density at radius 2 is 2.00 bits per heavy atom. The lowest BCUT2D eigenvalue weighted by Crippen LogP contribution is -2.31. The highest BCUT2D eigenvalue weighted by Crippen LogP contribution is 2.32. The molecule has 1 fully saturated rings. The fourth-order valence-corrected chi connectivity index (χ4v) is 3.90. The Labute approximate surface area is 143 Å². The number of anilines is 1. The molecule has 0 bridgehead atoms. The first-order valence-corrected chi connectivity index (χ1v) is 8.77. The summed E-state index contributed by atoms with van der Waals surface area (Å²) < 4.78 is 0. The third-order valence-corrected chi connectivity index (χ3v) is 5.14. The van der Waals surface area contributed by atoms with Gasteiger partial charge in [-0.3, -0.25) is 0 Å². The smallest absolute Gasteiger partial charge is 0.0809 e. The predicted octanol–water partition coefficient (Wildman–Crippen LogP) is 4.46. The monoisotopic (exact) mass is 317 g/mol. The second kappa shape index (κ2) is 6.18. The van der Waals surface area contributed by atoms with Gasteiger partial charge in [-0.25, -0.2) is 4.99 Å². The highest BCUT2D eigenvalue weighted by atomic mass is 15.2. The van der Waals surface area contributed by atoms with Crippen molar-refractivity contribution in [2.75, 3.05) is 11.9 Å². The van der Waals surface area contributed by atoms with Crippen LogP contribution in [0.15, 0.2) is 53.2 Å². The first-order chi connectivity index (χ1) is 11.7. The molecule has 0 unspecified atom stereocenters. The SMILES string of the molecule is C[C@@H]1CC[C@H](C)N1C1=CC=C(c2cccc3c2C=CCN3)N=C=C1. The van der Waals surface area contributed by atoms with Crippen molar-refractivity contribution in [3.63, 3.8) is 0 Å². The van der Waals surface area contributed by atoms with E-state index >= 15 is 0 Å². The molecule has 3 nitrogen and oxygen atoms in total. The van der Waals surface area contributed by atoms with Crippen molar-refractivity contribution in [3.8, 4) is 0 Å². The number of likely N-dealkylation sites (tertiary alicyclic amines) is 1. The number of aliphatic imine (C=N–C) groups is 1. The van der Waals surface area contributed by atoms with Gasteiger partial charge in [-0.15, -0.1) is 0 Å². The molecule has 1 saturated heterocycles. The number of allylic oxidation sites excluding steroid dienone is 3. The van der Waals surface area contributed by atoms with Gasteiger partial charge in [0.1, 0.15) is 0 Å². The number of rotatable bonds is 2. The van der Waals surface area contributed by atoms with Gasteiger partial charge in [0.2, 0.25) is 0 Å². The van der Waals surface area contributed by atoms with Gasteiger partial charge < -0.3 is 10.2 Å². The maximum atomic E-state index is 4.59. The number of nitrogens with zero attached hydrogens (tertiary/aromatic N) is 2. The van der Waals surface area contributed by atoms with Gasteiger partial charge in [0.25, 0.3) is 0 Å². The van der Waals surface area contributed by atoms with Gasteiger partial charge in [-0.05, 0) is 50.8 Å². The van der Waals surface area contributed by atoms with Crippen LogP contribution in [-0.2, 0) is 0 Å². The molecule has 3 aliphatic heterocycles. The fraction of sp³-hybridized carbons (Fsp3) is 0.333. The van der Waals surface area contributed by atoms with E-state index in [0.717, 1.165) is 17.8 Å². The Morgan fingerprint density at radius 3 is 2.83 bits per heavy atom. The Balaban J connectivity index is 1.72. The maximum absolute atomic E-state index is 4.59. The first-order valence-electron chi connectivity index (χ1n) is 8.77.